The zero-order chi connectivity index (χ0) is 15.7. The van der Waals surface area contributed by atoms with Gasteiger partial charge >= 0.3 is 0 Å². The predicted molar refractivity (Wildman–Crippen MR) is 86.8 cm³/mol. The third-order valence-electron chi connectivity index (χ3n) is 3.28. The van der Waals surface area contributed by atoms with Crippen LogP contribution in [0.15, 0.2) is 53.6 Å². The number of fused-ring (bicyclic) bond motifs is 1. The van der Waals surface area contributed by atoms with Crippen molar-refractivity contribution in [3.8, 4) is 0 Å². The Labute approximate surface area is 135 Å². The first-order valence-electron chi connectivity index (χ1n) is 6.48. The highest BCUT2D eigenvalue weighted by atomic mass is 35.5. The van der Waals surface area contributed by atoms with Crippen molar-refractivity contribution in [2.24, 2.45) is 0 Å². The predicted octanol–water partition coefficient (Wildman–Crippen LogP) is 3.59. The van der Waals surface area contributed by atoms with Gasteiger partial charge in [-0.15, -0.1) is 0 Å². The molecule has 0 saturated heterocycles. The summed E-state index contributed by atoms with van der Waals surface area (Å²) in [4.78, 5) is 28.9. The van der Waals surface area contributed by atoms with Crippen molar-refractivity contribution >= 4 is 39.9 Å². The maximum absolute atomic E-state index is 12.4. The Hall–Kier alpha value is -2.17. The van der Waals surface area contributed by atoms with Gasteiger partial charge in [-0.05, 0) is 30.3 Å². The first kappa shape index (κ1) is 14.8. The van der Waals surface area contributed by atoms with Crippen LogP contribution in [-0.4, -0.2) is 15.3 Å². The van der Waals surface area contributed by atoms with Gasteiger partial charge < -0.3 is 0 Å². The molecule has 3 rings (SSSR count). The van der Waals surface area contributed by atoms with E-state index in [0.29, 0.717) is 21.5 Å². The van der Waals surface area contributed by atoms with E-state index in [2.05, 4.69) is 4.98 Å². The van der Waals surface area contributed by atoms with Gasteiger partial charge in [-0.25, -0.2) is 4.98 Å². The van der Waals surface area contributed by atoms with Crippen LogP contribution in [0.4, 0.5) is 0 Å². The van der Waals surface area contributed by atoms with Gasteiger partial charge in [-0.3, -0.25) is 14.2 Å². The van der Waals surface area contributed by atoms with E-state index in [4.69, 9.17) is 23.2 Å². The number of carbonyl (C=O) groups is 1. The number of rotatable bonds is 3. The maximum Gasteiger partial charge on any atom is 0.261 e. The lowest BCUT2D eigenvalue weighted by Crippen LogP contribution is -2.24. The van der Waals surface area contributed by atoms with Crippen LogP contribution in [0.1, 0.15) is 10.4 Å². The SMILES string of the molecule is O=C(Cn1cnc2ccccc2c1=O)c1ccc(Cl)cc1Cl. The van der Waals surface area contributed by atoms with Gasteiger partial charge in [0, 0.05) is 10.6 Å². The molecule has 22 heavy (non-hydrogen) atoms. The molecule has 0 fully saturated rings. The third-order valence-corrected chi connectivity index (χ3v) is 3.82. The van der Waals surface area contributed by atoms with Crippen molar-refractivity contribution in [1.82, 2.24) is 9.55 Å². The molecule has 0 spiro atoms. The zero-order valence-corrected chi connectivity index (χ0v) is 12.8. The highest BCUT2D eigenvalue weighted by Gasteiger charge is 2.13. The molecule has 0 aliphatic carbocycles. The minimum Gasteiger partial charge on any atom is -0.292 e. The summed E-state index contributed by atoms with van der Waals surface area (Å²) >= 11 is 11.8. The Balaban J connectivity index is 1.98. The summed E-state index contributed by atoms with van der Waals surface area (Å²) in [6, 6.07) is 11.6. The molecule has 4 nitrogen and oxygen atoms in total. The number of nitrogens with zero attached hydrogens (tertiary/aromatic N) is 2. The fourth-order valence-electron chi connectivity index (χ4n) is 2.17. The largest absolute Gasteiger partial charge is 0.292 e. The Morgan fingerprint density at radius 3 is 2.68 bits per heavy atom. The molecule has 2 aromatic carbocycles. The van der Waals surface area contributed by atoms with E-state index in [1.54, 1.807) is 36.4 Å². The van der Waals surface area contributed by atoms with Crippen molar-refractivity contribution in [3.63, 3.8) is 0 Å². The number of para-hydroxylation sites is 1. The lowest BCUT2D eigenvalue weighted by atomic mass is 10.1. The molecule has 0 radical (unpaired) electrons. The zero-order valence-electron chi connectivity index (χ0n) is 11.3. The normalized spacial score (nSPS) is 10.8. The van der Waals surface area contributed by atoms with Crippen LogP contribution in [0.3, 0.4) is 0 Å². The number of benzene rings is 2. The van der Waals surface area contributed by atoms with E-state index in [0.717, 1.165) is 0 Å². The number of hydrogen-bond acceptors (Lipinski definition) is 3. The highest BCUT2D eigenvalue weighted by molar-refractivity contribution is 6.36. The minimum atomic E-state index is -0.277. The number of hydrogen-bond donors (Lipinski definition) is 0. The average Bonchev–Trinajstić information content (AvgIpc) is 2.50. The number of ketones is 1. The molecule has 1 aromatic heterocycles. The van der Waals surface area contributed by atoms with Crippen molar-refractivity contribution in [3.05, 3.63) is 74.8 Å². The first-order valence-corrected chi connectivity index (χ1v) is 7.24. The molecule has 0 atom stereocenters. The van der Waals surface area contributed by atoms with Crippen LogP contribution < -0.4 is 5.56 Å². The van der Waals surface area contributed by atoms with Crippen molar-refractivity contribution < 1.29 is 4.79 Å². The second kappa shape index (κ2) is 5.91. The van der Waals surface area contributed by atoms with Gasteiger partial charge in [0.1, 0.15) is 0 Å². The molecule has 0 bridgehead atoms. The van der Waals surface area contributed by atoms with Crippen LogP contribution in [0.25, 0.3) is 10.9 Å². The highest BCUT2D eigenvalue weighted by Crippen LogP contribution is 2.21. The Bertz CT molecular complexity index is 935. The topological polar surface area (TPSA) is 52.0 Å². The minimum absolute atomic E-state index is 0.127. The van der Waals surface area contributed by atoms with E-state index in [-0.39, 0.29) is 22.9 Å². The fourth-order valence-corrected chi connectivity index (χ4v) is 2.69. The van der Waals surface area contributed by atoms with Crippen LogP contribution in [-0.2, 0) is 6.54 Å². The number of halogens is 2. The molecule has 0 saturated carbocycles. The second-order valence-electron chi connectivity index (χ2n) is 4.74. The third kappa shape index (κ3) is 2.75. The van der Waals surface area contributed by atoms with Gasteiger partial charge in [0.2, 0.25) is 0 Å². The summed E-state index contributed by atoms with van der Waals surface area (Å²) in [6.07, 6.45) is 1.37. The van der Waals surface area contributed by atoms with Gasteiger partial charge in [-0.1, -0.05) is 35.3 Å². The number of aromatic nitrogens is 2. The molecular weight excluding hydrogens is 323 g/mol. The average molecular weight is 333 g/mol. The van der Waals surface area contributed by atoms with E-state index < -0.39 is 0 Å². The van der Waals surface area contributed by atoms with Gasteiger partial charge in [-0.2, -0.15) is 0 Å². The molecule has 3 aromatic rings. The van der Waals surface area contributed by atoms with Crippen LogP contribution in [0, 0.1) is 0 Å². The monoisotopic (exact) mass is 332 g/mol. The number of carbonyl (C=O) groups excluding carboxylic acids is 1. The molecular formula is C16H10Cl2N2O2. The van der Waals surface area contributed by atoms with Crippen LogP contribution >= 0.6 is 23.2 Å². The summed E-state index contributed by atoms with van der Waals surface area (Å²) in [6.45, 7) is -0.127. The quantitative estimate of drug-likeness (QED) is 0.689. The fraction of sp³-hybridized carbons (Fsp3) is 0.0625. The molecule has 0 aliphatic rings. The van der Waals surface area contributed by atoms with E-state index in [1.165, 1.54) is 17.0 Å². The Morgan fingerprint density at radius 1 is 1.14 bits per heavy atom. The van der Waals surface area contributed by atoms with Crippen molar-refractivity contribution in [1.29, 1.82) is 0 Å². The second-order valence-corrected chi connectivity index (χ2v) is 5.59. The molecule has 6 heteroatoms. The van der Waals surface area contributed by atoms with Gasteiger partial charge in [0.25, 0.3) is 5.56 Å². The lowest BCUT2D eigenvalue weighted by Gasteiger charge is -2.07. The smallest absolute Gasteiger partial charge is 0.261 e. The Kier molecular flexibility index (Phi) is 3.96. The summed E-state index contributed by atoms with van der Waals surface area (Å²) < 4.78 is 1.27. The van der Waals surface area contributed by atoms with E-state index >= 15 is 0 Å². The Morgan fingerprint density at radius 2 is 1.91 bits per heavy atom. The van der Waals surface area contributed by atoms with Gasteiger partial charge in [0.05, 0.1) is 28.8 Å². The van der Waals surface area contributed by atoms with E-state index in [9.17, 15) is 9.59 Å². The molecule has 110 valence electrons. The van der Waals surface area contributed by atoms with Crippen molar-refractivity contribution in [2.75, 3.05) is 0 Å². The van der Waals surface area contributed by atoms with Gasteiger partial charge in [0.15, 0.2) is 5.78 Å². The van der Waals surface area contributed by atoms with Crippen LogP contribution in [0.2, 0.25) is 10.0 Å². The molecule has 0 aliphatic heterocycles. The molecule has 0 unspecified atom stereocenters. The summed E-state index contributed by atoms with van der Waals surface area (Å²) in [7, 11) is 0. The standard InChI is InChI=1S/C16H10Cl2N2O2/c17-10-5-6-11(13(18)7-10)15(21)8-20-9-19-14-4-2-1-3-12(14)16(20)22/h1-7,9H,8H2. The van der Waals surface area contributed by atoms with Crippen molar-refractivity contribution in [2.45, 2.75) is 6.54 Å². The number of Topliss-reactive ketones (excluding diaryl/α,β-unsaturated/α-hetero) is 1. The summed E-state index contributed by atoms with van der Waals surface area (Å²) in [5.41, 5.74) is 0.663. The summed E-state index contributed by atoms with van der Waals surface area (Å²) in [5.74, 6) is -0.277. The van der Waals surface area contributed by atoms with Crippen LogP contribution in [0.5, 0.6) is 0 Å². The maximum atomic E-state index is 12.4. The molecule has 0 amide bonds. The lowest BCUT2D eigenvalue weighted by molar-refractivity contribution is 0.0971. The first-order chi connectivity index (χ1) is 10.6. The van der Waals surface area contributed by atoms with E-state index in [1.807, 2.05) is 0 Å². The molecule has 0 N–H and O–H groups in total. The molecule has 1 heterocycles. The summed E-state index contributed by atoms with van der Waals surface area (Å²) in [5, 5.41) is 1.19.